The number of amides is 1. The highest BCUT2D eigenvalue weighted by Gasteiger charge is 2.16. The third kappa shape index (κ3) is 8.57. The van der Waals surface area contributed by atoms with E-state index in [1.807, 2.05) is 39.0 Å². The van der Waals surface area contributed by atoms with Crippen molar-refractivity contribution in [1.29, 1.82) is 0 Å². The van der Waals surface area contributed by atoms with Crippen molar-refractivity contribution in [2.75, 3.05) is 26.8 Å². The lowest BCUT2D eigenvalue weighted by Gasteiger charge is -2.23. The number of carbonyl (C=O) groups excluding carboxylic acids is 1. The van der Waals surface area contributed by atoms with E-state index in [2.05, 4.69) is 20.9 Å². The van der Waals surface area contributed by atoms with Crippen LogP contribution in [-0.4, -0.2) is 44.7 Å². The minimum atomic E-state index is -0.0162. The molecule has 2 rings (SSSR count). The lowest BCUT2D eigenvalue weighted by molar-refractivity contribution is -0.120. The Morgan fingerprint density at radius 2 is 1.80 bits per heavy atom. The van der Waals surface area contributed by atoms with Crippen LogP contribution < -0.4 is 25.4 Å². The van der Waals surface area contributed by atoms with E-state index in [1.54, 1.807) is 7.05 Å². The minimum absolute atomic E-state index is 0. The molecule has 1 amide bonds. The molecule has 30 heavy (non-hydrogen) atoms. The predicted molar refractivity (Wildman–Crippen MR) is 132 cm³/mol. The van der Waals surface area contributed by atoms with Gasteiger partial charge in [0.2, 0.25) is 5.91 Å². The van der Waals surface area contributed by atoms with Gasteiger partial charge in [0.05, 0.1) is 25.8 Å². The molecule has 1 aliphatic carbocycles. The number of guanidine groups is 1. The molecule has 1 unspecified atom stereocenters. The summed E-state index contributed by atoms with van der Waals surface area (Å²) in [6.45, 7) is 7.32. The summed E-state index contributed by atoms with van der Waals surface area (Å²) in [5.41, 5.74) is 1.05. The Morgan fingerprint density at radius 1 is 1.13 bits per heavy atom. The third-order valence-electron chi connectivity index (χ3n) is 5.03. The lowest BCUT2D eigenvalue weighted by atomic mass is 9.95. The monoisotopic (exact) mass is 532 g/mol. The molecular formula is C22H37IN4O3. The van der Waals surface area contributed by atoms with Crippen LogP contribution >= 0.6 is 24.0 Å². The normalized spacial score (nSPS) is 15.5. The van der Waals surface area contributed by atoms with Crippen LogP contribution in [0.25, 0.3) is 0 Å². The topological polar surface area (TPSA) is 84.0 Å². The van der Waals surface area contributed by atoms with Crippen molar-refractivity contribution in [3.63, 3.8) is 0 Å². The SMILES string of the molecule is CCOc1ccc(C(C)NC(=NC)NCC(=O)NC2CCCCC2)cc1OCC.I. The summed E-state index contributed by atoms with van der Waals surface area (Å²) >= 11 is 0. The zero-order valence-electron chi connectivity index (χ0n) is 18.6. The molecule has 1 aromatic rings. The highest BCUT2D eigenvalue weighted by Crippen LogP contribution is 2.30. The number of benzene rings is 1. The van der Waals surface area contributed by atoms with Gasteiger partial charge in [-0.3, -0.25) is 9.79 Å². The van der Waals surface area contributed by atoms with Crippen molar-refractivity contribution in [3.8, 4) is 11.5 Å². The molecule has 1 fully saturated rings. The van der Waals surface area contributed by atoms with E-state index in [0.717, 1.165) is 29.9 Å². The van der Waals surface area contributed by atoms with Crippen LogP contribution in [0.4, 0.5) is 0 Å². The van der Waals surface area contributed by atoms with Gasteiger partial charge in [-0.05, 0) is 51.3 Å². The van der Waals surface area contributed by atoms with Gasteiger partial charge in [-0.25, -0.2) is 0 Å². The van der Waals surface area contributed by atoms with E-state index < -0.39 is 0 Å². The predicted octanol–water partition coefficient (Wildman–Crippen LogP) is 3.78. The standard InChI is InChI=1S/C22H36N4O3.HI/c1-5-28-19-13-12-17(14-20(19)29-6-2)16(3)25-22(23-4)24-15-21(27)26-18-10-8-7-9-11-18;/h12-14,16,18H,5-11,15H2,1-4H3,(H,26,27)(H2,23,24,25);1H. The molecule has 0 bridgehead atoms. The maximum absolute atomic E-state index is 12.2. The number of hydrogen-bond donors (Lipinski definition) is 3. The van der Waals surface area contributed by atoms with Crippen LogP contribution in [0.15, 0.2) is 23.2 Å². The molecule has 1 aliphatic rings. The van der Waals surface area contributed by atoms with Crippen LogP contribution in [0.3, 0.4) is 0 Å². The Bertz CT molecular complexity index is 678. The van der Waals surface area contributed by atoms with Crippen molar-refractivity contribution in [2.24, 2.45) is 4.99 Å². The molecule has 0 heterocycles. The number of nitrogens with zero attached hydrogens (tertiary/aromatic N) is 1. The highest BCUT2D eigenvalue weighted by molar-refractivity contribution is 14.0. The van der Waals surface area contributed by atoms with Crippen LogP contribution in [-0.2, 0) is 4.79 Å². The van der Waals surface area contributed by atoms with Crippen molar-refractivity contribution < 1.29 is 14.3 Å². The molecule has 7 nitrogen and oxygen atoms in total. The van der Waals surface area contributed by atoms with Crippen LogP contribution in [0, 0.1) is 0 Å². The average molecular weight is 532 g/mol. The maximum atomic E-state index is 12.2. The van der Waals surface area contributed by atoms with Crippen LogP contribution in [0.5, 0.6) is 11.5 Å². The molecule has 0 aliphatic heterocycles. The van der Waals surface area contributed by atoms with Crippen molar-refractivity contribution in [2.45, 2.75) is 65.0 Å². The summed E-state index contributed by atoms with van der Waals surface area (Å²) in [6, 6.07) is 6.21. The summed E-state index contributed by atoms with van der Waals surface area (Å²) in [6.07, 6.45) is 5.83. The van der Waals surface area contributed by atoms with Crippen LogP contribution in [0.2, 0.25) is 0 Å². The van der Waals surface area contributed by atoms with Crippen molar-refractivity contribution in [3.05, 3.63) is 23.8 Å². The second-order valence-corrected chi connectivity index (χ2v) is 7.27. The fourth-order valence-electron chi connectivity index (χ4n) is 3.51. The van der Waals surface area contributed by atoms with E-state index >= 15 is 0 Å². The Labute approximate surface area is 197 Å². The number of carbonyl (C=O) groups is 1. The molecule has 3 N–H and O–H groups in total. The van der Waals surface area contributed by atoms with E-state index in [1.165, 1.54) is 19.3 Å². The number of ether oxygens (including phenoxy) is 2. The summed E-state index contributed by atoms with van der Waals surface area (Å²) in [5, 5.41) is 9.54. The number of hydrogen-bond acceptors (Lipinski definition) is 4. The van der Waals surface area contributed by atoms with E-state index in [4.69, 9.17) is 9.47 Å². The van der Waals surface area contributed by atoms with Gasteiger partial charge in [0, 0.05) is 13.1 Å². The van der Waals surface area contributed by atoms with E-state index in [0.29, 0.717) is 25.2 Å². The van der Waals surface area contributed by atoms with Gasteiger partial charge in [0.15, 0.2) is 17.5 Å². The Kier molecular flexibility index (Phi) is 12.6. The van der Waals surface area contributed by atoms with Gasteiger partial charge in [0.1, 0.15) is 0 Å². The summed E-state index contributed by atoms with van der Waals surface area (Å²) in [5.74, 6) is 2.07. The lowest BCUT2D eigenvalue weighted by Crippen LogP contribution is -2.46. The molecular weight excluding hydrogens is 495 g/mol. The molecule has 0 spiro atoms. The highest BCUT2D eigenvalue weighted by atomic mass is 127. The zero-order valence-corrected chi connectivity index (χ0v) is 21.0. The molecule has 1 saturated carbocycles. The van der Waals surface area contributed by atoms with E-state index in [-0.39, 0.29) is 42.5 Å². The quantitative estimate of drug-likeness (QED) is 0.256. The molecule has 0 saturated heterocycles. The number of halogens is 1. The van der Waals surface area contributed by atoms with Gasteiger partial charge < -0.3 is 25.4 Å². The average Bonchev–Trinajstić information content (AvgIpc) is 2.73. The summed E-state index contributed by atoms with van der Waals surface area (Å²) in [4.78, 5) is 16.5. The molecule has 1 aromatic carbocycles. The fraction of sp³-hybridized carbons (Fsp3) is 0.636. The van der Waals surface area contributed by atoms with Crippen molar-refractivity contribution in [1.82, 2.24) is 16.0 Å². The fourth-order valence-corrected chi connectivity index (χ4v) is 3.51. The molecule has 0 aromatic heterocycles. The Hall–Kier alpha value is -1.71. The Morgan fingerprint density at radius 3 is 2.43 bits per heavy atom. The van der Waals surface area contributed by atoms with Gasteiger partial charge in [0.25, 0.3) is 0 Å². The Balaban J connectivity index is 0.00000450. The molecule has 170 valence electrons. The third-order valence-corrected chi connectivity index (χ3v) is 5.03. The van der Waals surface area contributed by atoms with Gasteiger partial charge in [-0.2, -0.15) is 0 Å². The molecule has 8 heteroatoms. The first-order valence-corrected chi connectivity index (χ1v) is 10.7. The minimum Gasteiger partial charge on any atom is -0.490 e. The van der Waals surface area contributed by atoms with Crippen molar-refractivity contribution >= 4 is 35.8 Å². The largest absolute Gasteiger partial charge is 0.490 e. The maximum Gasteiger partial charge on any atom is 0.239 e. The smallest absolute Gasteiger partial charge is 0.239 e. The second kappa shape index (κ2) is 14.3. The van der Waals surface area contributed by atoms with E-state index in [9.17, 15) is 4.79 Å². The first kappa shape index (κ1) is 26.3. The van der Waals surface area contributed by atoms with Crippen LogP contribution in [0.1, 0.15) is 64.5 Å². The van der Waals surface area contributed by atoms with Gasteiger partial charge in [-0.1, -0.05) is 25.3 Å². The summed E-state index contributed by atoms with van der Waals surface area (Å²) < 4.78 is 11.3. The molecule has 1 atom stereocenters. The number of nitrogens with one attached hydrogen (secondary N) is 3. The number of rotatable bonds is 9. The first-order valence-electron chi connectivity index (χ1n) is 10.7. The number of aliphatic imine (C=N–C) groups is 1. The molecule has 0 radical (unpaired) electrons. The zero-order chi connectivity index (χ0) is 21.1. The van der Waals surface area contributed by atoms with Gasteiger partial charge >= 0.3 is 0 Å². The van der Waals surface area contributed by atoms with Gasteiger partial charge in [-0.15, -0.1) is 24.0 Å². The second-order valence-electron chi connectivity index (χ2n) is 7.27. The summed E-state index contributed by atoms with van der Waals surface area (Å²) in [7, 11) is 1.70. The first-order chi connectivity index (χ1) is 14.1.